The summed E-state index contributed by atoms with van der Waals surface area (Å²) < 4.78 is 5.43. The van der Waals surface area contributed by atoms with E-state index in [1.54, 1.807) is 18.2 Å². The van der Waals surface area contributed by atoms with Gasteiger partial charge >= 0.3 is 0 Å². The van der Waals surface area contributed by atoms with E-state index >= 15 is 0 Å². The summed E-state index contributed by atoms with van der Waals surface area (Å²) in [6.45, 7) is 4.75. The van der Waals surface area contributed by atoms with E-state index in [2.05, 4.69) is 13.8 Å². The van der Waals surface area contributed by atoms with E-state index in [0.717, 1.165) is 0 Å². The smallest absolute Gasteiger partial charge is 0.237 e. The largest absolute Gasteiger partial charge is 0.493 e. The Kier molecular flexibility index (Phi) is 3.50. The zero-order chi connectivity index (χ0) is 9.68. The molecule has 0 aromatic heterocycles. The van der Waals surface area contributed by atoms with Crippen LogP contribution in [0.15, 0.2) is 24.3 Å². The van der Waals surface area contributed by atoms with Gasteiger partial charge in [-0.25, -0.2) is 0 Å². The Morgan fingerprint density at radius 1 is 1.38 bits per heavy atom. The highest BCUT2D eigenvalue weighted by Crippen LogP contribution is 2.16. The lowest BCUT2D eigenvalue weighted by Gasteiger charge is -2.09. The van der Waals surface area contributed by atoms with Gasteiger partial charge in [-0.05, 0) is 18.1 Å². The van der Waals surface area contributed by atoms with Crippen LogP contribution in [-0.2, 0) is 4.79 Å². The second-order valence-electron chi connectivity index (χ2n) is 3.30. The molecule has 0 amide bonds. The van der Waals surface area contributed by atoms with Crippen molar-refractivity contribution < 1.29 is 9.53 Å². The summed E-state index contributed by atoms with van der Waals surface area (Å²) >= 11 is 0. The Bertz CT molecular complexity index is 279. The van der Waals surface area contributed by atoms with Crippen molar-refractivity contribution in [2.45, 2.75) is 13.8 Å². The first-order valence-electron chi connectivity index (χ1n) is 4.34. The highest BCUT2D eigenvalue weighted by molar-refractivity contribution is 5.79. The summed E-state index contributed by atoms with van der Waals surface area (Å²) in [5.41, 5.74) is 0.489. The van der Waals surface area contributed by atoms with Crippen LogP contribution in [0.25, 0.3) is 0 Å². The first-order chi connectivity index (χ1) is 6.24. The van der Waals surface area contributed by atoms with E-state index in [1.165, 1.54) is 0 Å². The minimum Gasteiger partial charge on any atom is -0.493 e. The molecule has 0 N–H and O–H groups in total. The van der Waals surface area contributed by atoms with E-state index in [4.69, 9.17) is 4.74 Å². The third-order valence-electron chi connectivity index (χ3n) is 1.57. The van der Waals surface area contributed by atoms with E-state index in [9.17, 15) is 4.79 Å². The molecule has 0 saturated heterocycles. The van der Waals surface area contributed by atoms with Gasteiger partial charge in [0, 0.05) is 0 Å². The highest BCUT2D eigenvalue weighted by atomic mass is 16.5. The van der Waals surface area contributed by atoms with Crippen LogP contribution in [0.1, 0.15) is 19.4 Å². The lowest BCUT2D eigenvalue weighted by Crippen LogP contribution is -2.05. The Labute approximate surface area is 78.5 Å². The van der Waals surface area contributed by atoms with Gasteiger partial charge in [-0.2, -0.15) is 0 Å². The molecule has 0 heterocycles. The molecule has 1 rings (SSSR count). The van der Waals surface area contributed by atoms with Crippen molar-refractivity contribution in [1.82, 2.24) is 0 Å². The third kappa shape index (κ3) is 2.90. The number of para-hydroxylation sites is 1. The van der Waals surface area contributed by atoms with Gasteiger partial charge in [0.25, 0.3) is 0 Å². The number of benzene rings is 1. The zero-order valence-corrected chi connectivity index (χ0v) is 7.91. The molecule has 13 heavy (non-hydrogen) atoms. The lowest BCUT2D eigenvalue weighted by molar-refractivity contribution is 0.270. The number of carbonyl (C=O) groups excluding carboxylic acids is 1. The zero-order valence-electron chi connectivity index (χ0n) is 7.91. The molecule has 0 aliphatic carbocycles. The Balaban J connectivity index is 2.69. The van der Waals surface area contributed by atoms with Gasteiger partial charge in [0.1, 0.15) is 5.75 Å². The summed E-state index contributed by atoms with van der Waals surface area (Å²) in [4.78, 5) is 10.5. The summed E-state index contributed by atoms with van der Waals surface area (Å²) in [6.07, 6.45) is 1.84. The second kappa shape index (κ2) is 4.65. The molecule has 0 atom stereocenters. The molecule has 0 bridgehead atoms. The van der Waals surface area contributed by atoms with Gasteiger partial charge in [0.05, 0.1) is 12.2 Å². The van der Waals surface area contributed by atoms with Crippen LogP contribution in [0, 0.1) is 5.92 Å². The van der Waals surface area contributed by atoms with Gasteiger partial charge in [0.2, 0.25) is 6.29 Å². The molecule has 69 valence electrons. The SMILES string of the molecule is CC(C)COc1ccccc1[C]=O. The summed E-state index contributed by atoms with van der Waals surface area (Å²) in [6, 6.07) is 7.12. The van der Waals surface area contributed by atoms with Crippen LogP contribution in [0.3, 0.4) is 0 Å². The first kappa shape index (κ1) is 9.78. The molecule has 1 radical (unpaired) electrons. The molecular formula is C11H13O2. The standard InChI is InChI=1S/C11H13O2/c1-9(2)8-13-11-6-4-3-5-10(11)7-12/h3-6,9H,8H2,1-2H3. The number of ether oxygens (including phenoxy) is 1. The molecule has 0 unspecified atom stereocenters. The molecule has 2 heteroatoms. The van der Waals surface area contributed by atoms with Crippen LogP contribution in [0.2, 0.25) is 0 Å². The van der Waals surface area contributed by atoms with Crippen molar-refractivity contribution in [1.29, 1.82) is 0 Å². The molecule has 0 spiro atoms. The van der Waals surface area contributed by atoms with Crippen LogP contribution in [0.5, 0.6) is 5.75 Å². The van der Waals surface area contributed by atoms with Gasteiger partial charge in [-0.3, -0.25) is 4.79 Å². The minimum atomic E-state index is 0.458. The number of hydrogen-bond acceptors (Lipinski definition) is 2. The Morgan fingerprint density at radius 3 is 2.69 bits per heavy atom. The molecule has 1 aromatic rings. The maximum absolute atomic E-state index is 10.5. The predicted molar refractivity (Wildman–Crippen MR) is 51.6 cm³/mol. The van der Waals surface area contributed by atoms with Gasteiger partial charge in [0.15, 0.2) is 0 Å². The van der Waals surface area contributed by atoms with Crippen LogP contribution in [-0.4, -0.2) is 12.9 Å². The first-order valence-corrected chi connectivity index (χ1v) is 4.34. The maximum atomic E-state index is 10.5. The van der Waals surface area contributed by atoms with E-state index in [0.29, 0.717) is 23.8 Å². The number of hydrogen-bond donors (Lipinski definition) is 0. The Morgan fingerprint density at radius 2 is 2.08 bits per heavy atom. The lowest BCUT2D eigenvalue weighted by atomic mass is 10.2. The quantitative estimate of drug-likeness (QED) is 0.704. The van der Waals surface area contributed by atoms with Gasteiger partial charge in [-0.1, -0.05) is 26.0 Å². The molecule has 1 aromatic carbocycles. The molecule has 0 saturated carbocycles. The summed E-state index contributed by atoms with van der Waals surface area (Å²) in [5.74, 6) is 1.07. The predicted octanol–water partition coefficient (Wildman–Crippen LogP) is 2.18. The fourth-order valence-electron chi connectivity index (χ4n) is 0.933. The summed E-state index contributed by atoms with van der Waals surface area (Å²) in [5, 5.41) is 0. The van der Waals surface area contributed by atoms with E-state index in [-0.39, 0.29) is 0 Å². The van der Waals surface area contributed by atoms with Crippen molar-refractivity contribution >= 4 is 6.29 Å². The van der Waals surface area contributed by atoms with Crippen molar-refractivity contribution in [3.05, 3.63) is 29.8 Å². The van der Waals surface area contributed by atoms with Crippen molar-refractivity contribution in [2.75, 3.05) is 6.61 Å². The highest BCUT2D eigenvalue weighted by Gasteiger charge is 2.02. The van der Waals surface area contributed by atoms with E-state index in [1.807, 2.05) is 12.4 Å². The van der Waals surface area contributed by atoms with Gasteiger partial charge < -0.3 is 4.74 Å². The minimum absolute atomic E-state index is 0.458. The number of rotatable bonds is 4. The average molecular weight is 177 g/mol. The Hall–Kier alpha value is -1.31. The average Bonchev–Trinajstić information content (AvgIpc) is 2.15. The monoisotopic (exact) mass is 177 g/mol. The van der Waals surface area contributed by atoms with Crippen molar-refractivity contribution in [3.63, 3.8) is 0 Å². The third-order valence-corrected chi connectivity index (χ3v) is 1.57. The molecule has 0 aliphatic rings. The van der Waals surface area contributed by atoms with E-state index < -0.39 is 0 Å². The molecule has 2 nitrogen and oxygen atoms in total. The second-order valence-corrected chi connectivity index (χ2v) is 3.30. The topological polar surface area (TPSA) is 26.3 Å². The van der Waals surface area contributed by atoms with Crippen LogP contribution < -0.4 is 4.74 Å². The van der Waals surface area contributed by atoms with Crippen LogP contribution >= 0.6 is 0 Å². The maximum Gasteiger partial charge on any atom is 0.237 e. The molecular weight excluding hydrogens is 164 g/mol. The van der Waals surface area contributed by atoms with Crippen molar-refractivity contribution in [3.8, 4) is 5.75 Å². The fraction of sp³-hybridized carbons (Fsp3) is 0.364. The summed E-state index contributed by atoms with van der Waals surface area (Å²) in [7, 11) is 0. The molecule has 0 fully saturated rings. The fourth-order valence-corrected chi connectivity index (χ4v) is 0.933. The van der Waals surface area contributed by atoms with Crippen molar-refractivity contribution in [2.24, 2.45) is 5.92 Å². The molecule has 0 aliphatic heterocycles. The normalized spacial score (nSPS) is 10.1. The van der Waals surface area contributed by atoms with Gasteiger partial charge in [-0.15, -0.1) is 0 Å². The van der Waals surface area contributed by atoms with Crippen LogP contribution in [0.4, 0.5) is 0 Å².